The van der Waals surface area contributed by atoms with E-state index >= 15 is 0 Å². The smallest absolute Gasteiger partial charge is 0.323 e. The first kappa shape index (κ1) is 16.5. The lowest BCUT2D eigenvalue weighted by Gasteiger charge is -2.05. The summed E-state index contributed by atoms with van der Waals surface area (Å²) in [4.78, 5) is 29.1. The number of amides is 1. The van der Waals surface area contributed by atoms with Crippen LogP contribution in [0.1, 0.15) is 30.8 Å². The molecule has 4 rings (SSSR count). The van der Waals surface area contributed by atoms with Crippen LogP contribution in [0.5, 0.6) is 0 Å². The second-order valence-corrected chi connectivity index (χ2v) is 6.67. The third-order valence-corrected chi connectivity index (χ3v) is 4.72. The van der Waals surface area contributed by atoms with Crippen molar-refractivity contribution >= 4 is 22.6 Å². The van der Waals surface area contributed by atoms with Crippen molar-refractivity contribution in [3.63, 3.8) is 0 Å². The monoisotopic (exact) mass is 355 g/mol. The summed E-state index contributed by atoms with van der Waals surface area (Å²) >= 11 is 0. The van der Waals surface area contributed by atoms with Gasteiger partial charge in [-0.15, -0.1) is 0 Å². The summed E-state index contributed by atoms with van der Waals surface area (Å²) in [6.07, 6.45) is 5.48. The fourth-order valence-corrected chi connectivity index (χ4v) is 3.44. The van der Waals surface area contributed by atoms with Crippen molar-refractivity contribution in [2.24, 2.45) is 7.05 Å². The largest absolute Gasteiger partial charge is 0.346 e. The predicted octanol–water partition coefficient (Wildman–Crippen LogP) is 1.00. The SMILES string of the molecule is Cc1nn(C)c2ncc(NC(=O)Cn3nc4n(c3=O)CCCCC4)cc12. The number of rotatable bonds is 3. The number of nitrogens with zero attached hydrogens (tertiary/aromatic N) is 6. The fourth-order valence-electron chi connectivity index (χ4n) is 3.44. The Labute approximate surface area is 149 Å². The molecule has 4 heterocycles. The van der Waals surface area contributed by atoms with Crippen LogP contribution < -0.4 is 11.0 Å². The molecule has 0 bridgehead atoms. The van der Waals surface area contributed by atoms with Crippen LogP contribution in [0, 0.1) is 6.92 Å². The summed E-state index contributed by atoms with van der Waals surface area (Å²) < 4.78 is 4.64. The molecular weight excluding hydrogens is 334 g/mol. The number of nitrogens with one attached hydrogen (secondary N) is 1. The fraction of sp³-hybridized carbons (Fsp3) is 0.471. The summed E-state index contributed by atoms with van der Waals surface area (Å²) in [5, 5.41) is 12.3. The zero-order chi connectivity index (χ0) is 18.3. The van der Waals surface area contributed by atoms with Crippen LogP contribution >= 0.6 is 0 Å². The maximum atomic E-state index is 12.4. The van der Waals surface area contributed by atoms with Gasteiger partial charge < -0.3 is 5.32 Å². The van der Waals surface area contributed by atoms with Crippen molar-refractivity contribution in [3.8, 4) is 0 Å². The molecular formula is C17H21N7O2. The number of fused-ring (bicyclic) bond motifs is 2. The minimum absolute atomic E-state index is 0.108. The van der Waals surface area contributed by atoms with E-state index in [9.17, 15) is 9.59 Å². The van der Waals surface area contributed by atoms with Gasteiger partial charge in [0.15, 0.2) is 5.65 Å². The molecule has 0 aromatic carbocycles. The zero-order valence-electron chi connectivity index (χ0n) is 14.9. The highest BCUT2D eigenvalue weighted by Crippen LogP contribution is 2.19. The number of hydrogen-bond acceptors (Lipinski definition) is 5. The molecule has 1 aliphatic rings. The molecule has 1 amide bonds. The molecule has 9 nitrogen and oxygen atoms in total. The molecule has 0 atom stereocenters. The lowest BCUT2D eigenvalue weighted by Crippen LogP contribution is -2.30. The van der Waals surface area contributed by atoms with Crippen LogP contribution in [0.2, 0.25) is 0 Å². The molecule has 0 saturated carbocycles. The summed E-state index contributed by atoms with van der Waals surface area (Å²) in [5.74, 6) is 0.470. The number of hydrogen-bond donors (Lipinski definition) is 1. The maximum Gasteiger partial charge on any atom is 0.346 e. The van der Waals surface area contributed by atoms with Crippen LogP contribution in [0.3, 0.4) is 0 Å². The van der Waals surface area contributed by atoms with E-state index in [1.54, 1.807) is 15.4 Å². The van der Waals surface area contributed by atoms with Gasteiger partial charge >= 0.3 is 5.69 Å². The van der Waals surface area contributed by atoms with E-state index < -0.39 is 0 Å². The molecule has 0 saturated heterocycles. The topological polar surface area (TPSA) is 99.6 Å². The Bertz CT molecular complexity index is 1040. The highest BCUT2D eigenvalue weighted by Gasteiger charge is 2.17. The number of aryl methyl sites for hydroxylation is 3. The van der Waals surface area contributed by atoms with Crippen LogP contribution in [-0.4, -0.2) is 35.0 Å². The molecule has 3 aromatic rings. The number of carbonyl (C=O) groups excluding carboxylic acids is 1. The second kappa shape index (κ2) is 6.40. The Kier molecular flexibility index (Phi) is 4.06. The average molecular weight is 355 g/mol. The van der Waals surface area contributed by atoms with Crippen LogP contribution in [0.25, 0.3) is 11.0 Å². The molecule has 0 aliphatic carbocycles. The Morgan fingerprint density at radius 1 is 1.27 bits per heavy atom. The van der Waals surface area contributed by atoms with E-state index in [0.29, 0.717) is 12.2 Å². The van der Waals surface area contributed by atoms with E-state index in [2.05, 4.69) is 20.5 Å². The predicted molar refractivity (Wildman–Crippen MR) is 95.9 cm³/mol. The highest BCUT2D eigenvalue weighted by molar-refractivity contribution is 5.92. The van der Waals surface area contributed by atoms with Crippen molar-refractivity contribution in [2.75, 3.05) is 5.32 Å². The molecule has 0 fully saturated rings. The highest BCUT2D eigenvalue weighted by atomic mass is 16.2. The third-order valence-electron chi connectivity index (χ3n) is 4.72. The number of aromatic nitrogens is 6. The lowest BCUT2D eigenvalue weighted by molar-refractivity contribution is -0.117. The summed E-state index contributed by atoms with van der Waals surface area (Å²) in [6, 6.07) is 1.84. The normalized spacial score (nSPS) is 14.2. The molecule has 9 heteroatoms. The van der Waals surface area contributed by atoms with Crippen molar-refractivity contribution in [3.05, 3.63) is 34.3 Å². The Balaban J connectivity index is 1.53. The van der Waals surface area contributed by atoms with Crippen molar-refractivity contribution < 1.29 is 4.79 Å². The lowest BCUT2D eigenvalue weighted by atomic mass is 10.2. The molecule has 0 radical (unpaired) electrons. The van der Waals surface area contributed by atoms with Gasteiger partial charge in [-0.3, -0.25) is 14.0 Å². The van der Waals surface area contributed by atoms with Gasteiger partial charge in [-0.25, -0.2) is 14.5 Å². The van der Waals surface area contributed by atoms with Crippen LogP contribution in [0.15, 0.2) is 17.1 Å². The molecule has 1 aliphatic heterocycles. The summed E-state index contributed by atoms with van der Waals surface area (Å²) in [5.41, 5.74) is 1.97. The molecule has 26 heavy (non-hydrogen) atoms. The van der Waals surface area contributed by atoms with Gasteiger partial charge in [-0.2, -0.15) is 10.2 Å². The number of pyridine rings is 1. The first-order valence-corrected chi connectivity index (χ1v) is 8.78. The zero-order valence-corrected chi connectivity index (χ0v) is 14.9. The first-order valence-electron chi connectivity index (χ1n) is 8.78. The minimum Gasteiger partial charge on any atom is -0.323 e. The Morgan fingerprint density at radius 3 is 2.96 bits per heavy atom. The summed E-state index contributed by atoms with van der Waals surface area (Å²) in [6.45, 7) is 2.47. The van der Waals surface area contributed by atoms with E-state index in [1.165, 1.54) is 4.68 Å². The molecule has 3 aromatic heterocycles. The van der Waals surface area contributed by atoms with Crippen molar-refractivity contribution in [1.82, 2.24) is 29.1 Å². The van der Waals surface area contributed by atoms with Gasteiger partial charge in [0.05, 0.1) is 17.6 Å². The van der Waals surface area contributed by atoms with E-state index in [-0.39, 0.29) is 18.1 Å². The van der Waals surface area contributed by atoms with Gasteiger partial charge in [0, 0.05) is 25.4 Å². The second-order valence-electron chi connectivity index (χ2n) is 6.67. The first-order chi connectivity index (χ1) is 12.5. The molecule has 0 unspecified atom stereocenters. The standard InChI is InChI=1S/C17H21N7O2/c1-11-13-8-12(9-18-16(13)22(2)20-11)19-15(25)10-24-17(26)23-7-5-3-4-6-14(23)21-24/h8-9H,3-7,10H2,1-2H3,(H,19,25). The van der Waals surface area contributed by atoms with Gasteiger partial charge in [0.2, 0.25) is 5.91 Å². The van der Waals surface area contributed by atoms with Gasteiger partial charge in [0.1, 0.15) is 12.4 Å². The van der Waals surface area contributed by atoms with Crippen molar-refractivity contribution in [2.45, 2.75) is 45.7 Å². The Morgan fingerprint density at radius 2 is 2.12 bits per heavy atom. The van der Waals surface area contributed by atoms with Crippen LogP contribution in [-0.2, 0) is 31.4 Å². The summed E-state index contributed by atoms with van der Waals surface area (Å²) in [7, 11) is 1.83. The van der Waals surface area contributed by atoms with Gasteiger partial charge in [-0.1, -0.05) is 6.42 Å². The minimum atomic E-state index is -0.303. The number of carbonyl (C=O) groups is 1. The van der Waals surface area contributed by atoms with Gasteiger partial charge in [0.25, 0.3) is 0 Å². The average Bonchev–Trinajstić information content (AvgIpc) is 2.93. The molecule has 136 valence electrons. The van der Waals surface area contributed by atoms with Crippen LogP contribution in [0.4, 0.5) is 5.69 Å². The molecule has 1 N–H and O–H groups in total. The van der Waals surface area contributed by atoms with Gasteiger partial charge in [-0.05, 0) is 25.8 Å². The Hall–Kier alpha value is -2.97. The maximum absolute atomic E-state index is 12.4. The van der Waals surface area contributed by atoms with E-state index in [1.807, 2.05) is 20.0 Å². The quantitative estimate of drug-likeness (QED) is 0.755. The van der Waals surface area contributed by atoms with E-state index in [4.69, 9.17) is 0 Å². The van der Waals surface area contributed by atoms with Crippen molar-refractivity contribution in [1.29, 1.82) is 0 Å². The number of anilines is 1. The molecule has 0 spiro atoms. The van der Waals surface area contributed by atoms with E-state index in [0.717, 1.165) is 48.2 Å². The third kappa shape index (κ3) is 2.89.